The van der Waals surface area contributed by atoms with Crippen LogP contribution in [0.2, 0.25) is 0 Å². The summed E-state index contributed by atoms with van der Waals surface area (Å²) in [5, 5.41) is 11.1. The van der Waals surface area contributed by atoms with Crippen LogP contribution in [0.4, 0.5) is 5.69 Å². The standard InChI is InChI=1S/C18H20N6O3S/c1-12-5-7-13(8-6-12)20-15(25)10-23(2)16(26)11-28-18-22-21-17(24(18)19)14-4-3-9-27-14/h3-9H,10-11,19H2,1-2H3,(H,20,25). The number of carbonyl (C=O) groups excluding carboxylic acids is 2. The Kier molecular flexibility index (Phi) is 5.99. The van der Waals surface area contributed by atoms with Crippen molar-refractivity contribution in [1.29, 1.82) is 0 Å². The zero-order valence-electron chi connectivity index (χ0n) is 15.5. The van der Waals surface area contributed by atoms with E-state index < -0.39 is 0 Å². The highest BCUT2D eigenvalue weighted by Crippen LogP contribution is 2.21. The quantitative estimate of drug-likeness (QED) is 0.458. The summed E-state index contributed by atoms with van der Waals surface area (Å²) in [5.74, 6) is 6.38. The maximum absolute atomic E-state index is 12.3. The van der Waals surface area contributed by atoms with Crippen LogP contribution >= 0.6 is 11.8 Å². The first-order chi connectivity index (χ1) is 13.4. The number of likely N-dealkylation sites (N-methyl/N-ethyl adjacent to an activating group) is 1. The van der Waals surface area contributed by atoms with Crippen LogP contribution in [0.5, 0.6) is 0 Å². The Hall–Kier alpha value is -3.27. The fourth-order valence-electron chi connectivity index (χ4n) is 2.33. The minimum absolute atomic E-state index is 0.0553. The molecule has 1 aromatic carbocycles. The van der Waals surface area contributed by atoms with E-state index in [9.17, 15) is 9.59 Å². The van der Waals surface area contributed by atoms with Gasteiger partial charge in [-0.1, -0.05) is 29.5 Å². The van der Waals surface area contributed by atoms with Crippen LogP contribution in [-0.4, -0.2) is 50.9 Å². The first-order valence-electron chi connectivity index (χ1n) is 8.41. The van der Waals surface area contributed by atoms with Gasteiger partial charge in [-0.3, -0.25) is 9.59 Å². The van der Waals surface area contributed by atoms with Crippen molar-refractivity contribution in [3.8, 4) is 11.6 Å². The summed E-state index contributed by atoms with van der Waals surface area (Å²) in [6, 6.07) is 10.9. The van der Waals surface area contributed by atoms with Gasteiger partial charge < -0.3 is 20.5 Å². The van der Waals surface area contributed by atoms with E-state index in [0.717, 1.165) is 17.3 Å². The Labute approximate surface area is 165 Å². The Bertz CT molecular complexity index is 952. The smallest absolute Gasteiger partial charge is 0.243 e. The van der Waals surface area contributed by atoms with E-state index in [1.165, 1.54) is 15.8 Å². The molecule has 0 fully saturated rings. The largest absolute Gasteiger partial charge is 0.461 e. The molecule has 0 atom stereocenters. The molecule has 0 saturated heterocycles. The summed E-state index contributed by atoms with van der Waals surface area (Å²) in [4.78, 5) is 25.8. The molecule has 3 rings (SSSR count). The highest BCUT2D eigenvalue weighted by molar-refractivity contribution is 7.99. The molecule has 10 heteroatoms. The van der Waals surface area contributed by atoms with Gasteiger partial charge >= 0.3 is 0 Å². The fraction of sp³-hybridized carbons (Fsp3) is 0.222. The zero-order chi connectivity index (χ0) is 20.1. The average Bonchev–Trinajstić information content (AvgIpc) is 3.31. The van der Waals surface area contributed by atoms with Crippen molar-refractivity contribution < 1.29 is 14.0 Å². The van der Waals surface area contributed by atoms with Gasteiger partial charge in [0, 0.05) is 12.7 Å². The summed E-state index contributed by atoms with van der Waals surface area (Å²) in [6.45, 7) is 1.91. The summed E-state index contributed by atoms with van der Waals surface area (Å²) < 4.78 is 6.51. The highest BCUT2D eigenvalue weighted by Gasteiger charge is 2.18. The van der Waals surface area contributed by atoms with Gasteiger partial charge in [0.05, 0.1) is 18.6 Å². The van der Waals surface area contributed by atoms with Crippen molar-refractivity contribution in [2.75, 3.05) is 30.5 Å². The second-order valence-electron chi connectivity index (χ2n) is 6.11. The summed E-state index contributed by atoms with van der Waals surface area (Å²) in [7, 11) is 1.57. The predicted octanol–water partition coefficient (Wildman–Crippen LogP) is 1.75. The van der Waals surface area contributed by atoms with E-state index in [1.807, 2.05) is 31.2 Å². The number of carbonyl (C=O) groups is 2. The Balaban J connectivity index is 1.50. The number of benzene rings is 1. The number of amides is 2. The molecule has 2 amide bonds. The normalized spacial score (nSPS) is 10.6. The lowest BCUT2D eigenvalue weighted by Crippen LogP contribution is -2.36. The molecule has 0 saturated carbocycles. The van der Waals surface area contributed by atoms with Gasteiger partial charge in [-0.2, -0.15) is 0 Å². The summed E-state index contributed by atoms with van der Waals surface area (Å²) >= 11 is 1.13. The SMILES string of the molecule is Cc1ccc(NC(=O)CN(C)C(=O)CSc2nnc(-c3ccco3)n2N)cc1. The van der Waals surface area contributed by atoms with E-state index in [-0.39, 0.29) is 24.1 Å². The number of aromatic nitrogens is 3. The lowest BCUT2D eigenvalue weighted by molar-refractivity contribution is -0.131. The minimum Gasteiger partial charge on any atom is -0.461 e. The zero-order valence-corrected chi connectivity index (χ0v) is 16.3. The van der Waals surface area contributed by atoms with Crippen LogP contribution < -0.4 is 11.2 Å². The molecule has 3 N–H and O–H groups in total. The number of aryl methyl sites for hydroxylation is 1. The second kappa shape index (κ2) is 8.61. The summed E-state index contributed by atoms with van der Waals surface area (Å²) in [6.07, 6.45) is 1.51. The second-order valence-corrected chi connectivity index (χ2v) is 7.05. The minimum atomic E-state index is -0.271. The number of anilines is 1. The van der Waals surface area contributed by atoms with E-state index in [4.69, 9.17) is 10.3 Å². The van der Waals surface area contributed by atoms with Crippen LogP contribution in [-0.2, 0) is 9.59 Å². The van der Waals surface area contributed by atoms with Crippen LogP contribution in [0.25, 0.3) is 11.6 Å². The van der Waals surface area contributed by atoms with Gasteiger partial charge in [0.1, 0.15) is 0 Å². The topological polar surface area (TPSA) is 119 Å². The van der Waals surface area contributed by atoms with Crippen molar-refractivity contribution in [3.63, 3.8) is 0 Å². The monoisotopic (exact) mass is 400 g/mol. The number of nitrogen functional groups attached to an aromatic ring is 1. The Morgan fingerprint density at radius 1 is 1.25 bits per heavy atom. The number of thioether (sulfide) groups is 1. The molecule has 0 spiro atoms. The number of hydrogen-bond donors (Lipinski definition) is 2. The molecule has 0 aliphatic carbocycles. The predicted molar refractivity (Wildman–Crippen MR) is 106 cm³/mol. The molecule has 0 aliphatic heterocycles. The first-order valence-corrected chi connectivity index (χ1v) is 9.40. The molecule has 0 bridgehead atoms. The Morgan fingerprint density at radius 2 is 2.00 bits per heavy atom. The number of nitrogens with two attached hydrogens (primary N) is 1. The maximum atomic E-state index is 12.3. The molecule has 3 aromatic rings. The molecule has 0 radical (unpaired) electrons. The molecule has 0 aliphatic rings. The van der Waals surface area contributed by atoms with Crippen molar-refractivity contribution in [3.05, 3.63) is 48.2 Å². The number of nitrogens with zero attached hydrogens (tertiary/aromatic N) is 4. The maximum Gasteiger partial charge on any atom is 0.243 e. The van der Waals surface area contributed by atoms with E-state index in [1.54, 1.807) is 19.2 Å². The molecule has 146 valence electrons. The third kappa shape index (κ3) is 4.71. The van der Waals surface area contributed by atoms with Gasteiger partial charge in [-0.15, -0.1) is 10.2 Å². The number of nitrogens with one attached hydrogen (secondary N) is 1. The average molecular weight is 400 g/mol. The van der Waals surface area contributed by atoms with Crippen LogP contribution in [0, 0.1) is 6.92 Å². The van der Waals surface area contributed by atoms with E-state index in [2.05, 4.69) is 15.5 Å². The van der Waals surface area contributed by atoms with Crippen LogP contribution in [0.3, 0.4) is 0 Å². The number of hydrogen-bond acceptors (Lipinski definition) is 7. The van der Waals surface area contributed by atoms with Crippen LogP contribution in [0.15, 0.2) is 52.2 Å². The van der Waals surface area contributed by atoms with Gasteiger partial charge in [0.15, 0.2) is 5.76 Å². The molecular weight excluding hydrogens is 380 g/mol. The molecule has 2 aromatic heterocycles. The van der Waals surface area contributed by atoms with Crippen molar-refractivity contribution in [2.24, 2.45) is 0 Å². The van der Waals surface area contributed by atoms with Crippen molar-refractivity contribution in [2.45, 2.75) is 12.1 Å². The van der Waals surface area contributed by atoms with Crippen molar-refractivity contribution >= 4 is 29.3 Å². The Morgan fingerprint density at radius 3 is 2.68 bits per heavy atom. The van der Waals surface area contributed by atoms with E-state index in [0.29, 0.717) is 22.4 Å². The third-order valence-electron chi connectivity index (χ3n) is 3.87. The molecular formula is C18H20N6O3S. The van der Waals surface area contributed by atoms with Gasteiger partial charge in [-0.05, 0) is 31.2 Å². The molecule has 0 unspecified atom stereocenters. The highest BCUT2D eigenvalue weighted by atomic mass is 32.2. The molecule has 9 nitrogen and oxygen atoms in total. The molecule has 2 heterocycles. The lowest BCUT2D eigenvalue weighted by Gasteiger charge is -2.16. The lowest BCUT2D eigenvalue weighted by atomic mass is 10.2. The summed E-state index contributed by atoms with van der Waals surface area (Å²) in [5.41, 5.74) is 1.79. The number of furan rings is 1. The number of rotatable bonds is 7. The third-order valence-corrected chi connectivity index (χ3v) is 4.80. The van der Waals surface area contributed by atoms with Gasteiger partial charge in [-0.25, -0.2) is 4.68 Å². The fourth-order valence-corrected chi connectivity index (χ4v) is 3.12. The van der Waals surface area contributed by atoms with Gasteiger partial charge in [0.25, 0.3) is 0 Å². The van der Waals surface area contributed by atoms with Crippen LogP contribution in [0.1, 0.15) is 5.56 Å². The van der Waals surface area contributed by atoms with Gasteiger partial charge in [0.2, 0.25) is 22.8 Å². The first kappa shape index (κ1) is 19.5. The molecule has 28 heavy (non-hydrogen) atoms. The van der Waals surface area contributed by atoms with E-state index >= 15 is 0 Å². The van der Waals surface area contributed by atoms with Crippen molar-refractivity contribution in [1.82, 2.24) is 19.8 Å².